The molecule has 2 aromatic rings. The quantitative estimate of drug-likeness (QED) is 0.613. The minimum atomic E-state index is -1.23. The monoisotopic (exact) mass is 332 g/mol. The van der Waals surface area contributed by atoms with Crippen LogP contribution in [0.25, 0.3) is 0 Å². The molecule has 4 rings (SSSR count). The van der Waals surface area contributed by atoms with Crippen LogP contribution in [0.15, 0.2) is 33.0 Å². The number of aliphatic hydroxyl groups excluding tert-OH is 2. The van der Waals surface area contributed by atoms with Crippen molar-refractivity contribution < 1.29 is 19.4 Å². The maximum Gasteiger partial charge on any atom is 0.224 e. The molecule has 10 nitrogen and oxygen atoms in total. The topological polar surface area (TPSA) is 165 Å². The van der Waals surface area contributed by atoms with E-state index in [2.05, 4.69) is 20.2 Å². The van der Waals surface area contributed by atoms with Crippen LogP contribution in [0.4, 0.5) is 17.6 Å². The lowest BCUT2D eigenvalue weighted by Crippen LogP contribution is -2.38. The molecule has 1 saturated heterocycles. The van der Waals surface area contributed by atoms with Gasteiger partial charge >= 0.3 is 0 Å². The van der Waals surface area contributed by atoms with Crippen LogP contribution in [0.5, 0.6) is 0 Å². The molecule has 2 aliphatic heterocycles. The van der Waals surface area contributed by atoms with E-state index in [4.69, 9.17) is 20.6 Å². The average molecular weight is 332 g/mol. The first-order valence-corrected chi connectivity index (χ1v) is 7.41. The van der Waals surface area contributed by atoms with Gasteiger partial charge in [0.05, 0.1) is 30.6 Å². The molecule has 0 aliphatic carbocycles. The van der Waals surface area contributed by atoms with E-state index in [0.29, 0.717) is 11.3 Å². The second-order valence-corrected chi connectivity index (χ2v) is 5.76. The summed E-state index contributed by atoms with van der Waals surface area (Å²) in [6.07, 6.45) is -0.517. The summed E-state index contributed by atoms with van der Waals surface area (Å²) in [5.41, 5.74) is 10.9. The molecule has 24 heavy (non-hydrogen) atoms. The van der Waals surface area contributed by atoms with Gasteiger partial charge in [-0.3, -0.25) is 0 Å². The Balaban J connectivity index is 1.90. The molecule has 10 heteroatoms. The number of ether oxygens (including phenoxy) is 1. The van der Waals surface area contributed by atoms with Gasteiger partial charge in [-0.25, -0.2) is 0 Å². The van der Waals surface area contributed by atoms with Crippen molar-refractivity contribution in [2.45, 2.75) is 30.3 Å². The van der Waals surface area contributed by atoms with E-state index < -0.39 is 23.9 Å². The number of anilines is 2. The van der Waals surface area contributed by atoms with Crippen LogP contribution < -0.4 is 11.5 Å². The van der Waals surface area contributed by atoms with Crippen LogP contribution in [-0.2, 0) is 10.3 Å². The molecule has 4 heterocycles. The van der Waals surface area contributed by atoms with Gasteiger partial charge in [0.25, 0.3) is 0 Å². The zero-order valence-electron chi connectivity index (χ0n) is 12.5. The summed E-state index contributed by atoms with van der Waals surface area (Å²) >= 11 is 0. The minimum Gasteiger partial charge on any atom is -0.466 e. The number of azo groups is 1. The normalized spacial score (nSPS) is 31.5. The maximum absolute atomic E-state index is 10.1. The third-order valence-corrected chi connectivity index (χ3v) is 4.39. The van der Waals surface area contributed by atoms with Crippen molar-refractivity contribution in [3.63, 3.8) is 0 Å². The summed E-state index contributed by atoms with van der Waals surface area (Å²) < 4.78 is 11.4. The maximum atomic E-state index is 10.1. The van der Waals surface area contributed by atoms with E-state index in [9.17, 15) is 10.2 Å². The molecule has 126 valence electrons. The Morgan fingerprint density at radius 3 is 2.83 bits per heavy atom. The third kappa shape index (κ3) is 1.94. The van der Waals surface area contributed by atoms with Crippen molar-refractivity contribution in [3.05, 3.63) is 29.7 Å². The van der Waals surface area contributed by atoms with Crippen molar-refractivity contribution in [2.75, 3.05) is 18.1 Å². The van der Waals surface area contributed by atoms with Gasteiger partial charge in [0.1, 0.15) is 17.7 Å². The van der Waals surface area contributed by atoms with Gasteiger partial charge in [0, 0.05) is 6.42 Å². The Morgan fingerprint density at radius 2 is 2.17 bits per heavy atom. The van der Waals surface area contributed by atoms with Gasteiger partial charge in [0.15, 0.2) is 11.4 Å². The first kappa shape index (κ1) is 15.0. The minimum absolute atomic E-state index is 0.0129. The van der Waals surface area contributed by atoms with Crippen LogP contribution in [0.2, 0.25) is 0 Å². The molecule has 0 amide bonds. The summed E-state index contributed by atoms with van der Waals surface area (Å²) in [6.45, 7) is -0.316. The standard InChI is InChI=1S/C14H16N6O4/c15-11-10-12(18-13(16)17-11)19-20-14(10,8-2-1-3-23-8)9-4-6(22)7(5-21)24-9/h1-3,6-7,9,21-22H,4-5H2,(H4,15,16,17,18). The number of nitrogen functional groups attached to an aromatic ring is 2. The SMILES string of the molecule is Nc1nc(N)c2c(n1)N=NC2(c1ccco1)C1CC(O)C(CO)O1. The summed E-state index contributed by atoms with van der Waals surface area (Å²) in [5, 5.41) is 27.9. The second kappa shape index (κ2) is 5.23. The van der Waals surface area contributed by atoms with Gasteiger partial charge in [-0.15, -0.1) is 5.11 Å². The largest absolute Gasteiger partial charge is 0.466 e. The fraction of sp³-hybridized carbons (Fsp3) is 0.429. The van der Waals surface area contributed by atoms with Gasteiger partial charge in [0.2, 0.25) is 5.95 Å². The lowest BCUT2D eigenvalue weighted by Gasteiger charge is -2.30. The molecule has 0 aromatic carbocycles. The Hall–Kier alpha value is -2.56. The van der Waals surface area contributed by atoms with Crippen LogP contribution in [0.1, 0.15) is 17.7 Å². The molecule has 4 unspecified atom stereocenters. The van der Waals surface area contributed by atoms with Crippen molar-refractivity contribution in [2.24, 2.45) is 10.2 Å². The molecule has 6 N–H and O–H groups in total. The van der Waals surface area contributed by atoms with Crippen LogP contribution in [-0.4, -0.2) is 45.1 Å². The molecule has 0 spiro atoms. The van der Waals surface area contributed by atoms with Gasteiger partial charge < -0.3 is 30.8 Å². The fourth-order valence-corrected chi connectivity index (χ4v) is 3.31. The van der Waals surface area contributed by atoms with Gasteiger partial charge in [-0.1, -0.05) is 0 Å². The molecule has 4 atom stereocenters. The van der Waals surface area contributed by atoms with Crippen molar-refractivity contribution in [1.29, 1.82) is 0 Å². The molecule has 1 fully saturated rings. The molecule has 0 bridgehead atoms. The van der Waals surface area contributed by atoms with Crippen molar-refractivity contribution in [1.82, 2.24) is 9.97 Å². The number of hydrogen-bond donors (Lipinski definition) is 4. The highest BCUT2D eigenvalue weighted by Crippen LogP contribution is 2.52. The average Bonchev–Trinajstić information content (AvgIpc) is 3.24. The number of aliphatic hydroxyl groups is 2. The second-order valence-electron chi connectivity index (χ2n) is 5.76. The predicted molar refractivity (Wildman–Crippen MR) is 81.2 cm³/mol. The number of fused-ring (bicyclic) bond motifs is 1. The first-order chi connectivity index (χ1) is 11.6. The van der Waals surface area contributed by atoms with Crippen LogP contribution in [0, 0.1) is 0 Å². The van der Waals surface area contributed by atoms with Crippen LogP contribution in [0.3, 0.4) is 0 Å². The number of aromatic nitrogens is 2. The Labute approximate surface area is 136 Å². The number of nitrogens with zero attached hydrogens (tertiary/aromatic N) is 4. The van der Waals surface area contributed by atoms with E-state index in [1.54, 1.807) is 12.1 Å². The van der Waals surface area contributed by atoms with Gasteiger partial charge in [-0.05, 0) is 12.1 Å². The number of rotatable bonds is 3. The highest BCUT2D eigenvalue weighted by atomic mass is 16.5. The highest BCUT2D eigenvalue weighted by molar-refractivity contribution is 5.64. The van der Waals surface area contributed by atoms with E-state index in [1.165, 1.54) is 6.26 Å². The number of furan rings is 1. The fourth-order valence-electron chi connectivity index (χ4n) is 3.31. The van der Waals surface area contributed by atoms with Crippen molar-refractivity contribution in [3.8, 4) is 0 Å². The summed E-state index contributed by atoms with van der Waals surface area (Å²) in [7, 11) is 0. The lowest BCUT2D eigenvalue weighted by atomic mass is 9.82. The van der Waals surface area contributed by atoms with Crippen LogP contribution >= 0.6 is 0 Å². The summed E-state index contributed by atoms with van der Waals surface area (Å²) in [5.74, 6) is 0.772. The Bertz CT molecular complexity index is 795. The lowest BCUT2D eigenvalue weighted by molar-refractivity contribution is -0.0412. The highest BCUT2D eigenvalue weighted by Gasteiger charge is 2.56. The molecule has 0 saturated carbocycles. The Morgan fingerprint density at radius 1 is 1.33 bits per heavy atom. The van der Waals surface area contributed by atoms with E-state index >= 15 is 0 Å². The molecule has 2 aliphatic rings. The zero-order valence-corrected chi connectivity index (χ0v) is 12.5. The zero-order chi connectivity index (χ0) is 16.9. The summed E-state index contributed by atoms with van der Waals surface area (Å²) in [4.78, 5) is 8.06. The molecule has 2 aromatic heterocycles. The number of hydrogen-bond acceptors (Lipinski definition) is 10. The van der Waals surface area contributed by atoms with Gasteiger partial charge in [-0.2, -0.15) is 15.1 Å². The smallest absolute Gasteiger partial charge is 0.224 e. The molecular formula is C14H16N6O4. The van der Waals surface area contributed by atoms with E-state index in [1.807, 2.05) is 0 Å². The third-order valence-electron chi connectivity index (χ3n) is 4.39. The molecule has 0 radical (unpaired) electrons. The first-order valence-electron chi connectivity index (χ1n) is 7.41. The summed E-state index contributed by atoms with van der Waals surface area (Å²) in [6, 6.07) is 3.42. The Kier molecular flexibility index (Phi) is 3.27. The molecular weight excluding hydrogens is 316 g/mol. The van der Waals surface area contributed by atoms with E-state index in [-0.39, 0.29) is 30.6 Å². The van der Waals surface area contributed by atoms with E-state index in [0.717, 1.165) is 0 Å². The number of nitrogens with two attached hydrogens (primary N) is 2. The van der Waals surface area contributed by atoms with Crippen molar-refractivity contribution >= 4 is 17.6 Å². The predicted octanol–water partition coefficient (Wildman–Crippen LogP) is 0.0856.